The molecule has 1 atom stereocenters. The molecule has 2 heterocycles. The number of methoxy groups -OCH3 is 1. The van der Waals surface area contributed by atoms with Gasteiger partial charge in [-0.05, 0) is 6.54 Å². The smallest absolute Gasteiger partial charge is 0.211 e. The maximum Gasteiger partial charge on any atom is 0.211 e. The van der Waals surface area contributed by atoms with Crippen molar-refractivity contribution in [3.05, 3.63) is 28.3 Å². The van der Waals surface area contributed by atoms with Crippen LogP contribution in [0.5, 0.6) is 5.88 Å². The Bertz CT molecular complexity index is 480. The van der Waals surface area contributed by atoms with Crippen LogP contribution in [0.15, 0.2) is 17.8 Å². The Morgan fingerprint density at radius 3 is 2.94 bits per heavy atom. The molecule has 2 aromatic rings. The number of hydrogen-bond donors (Lipinski definition) is 1. The highest BCUT2D eigenvalue weighted by Gasteiger charge is 2.17. The zero-order valence-electron chi connectivity index (χ0n) is 10.9. The van der Waals surface area contributed by atoms with Crippen molar-refractivity contribution >= 4 is 11.3 Å². The third kappa shape index (κ3) is 2.88. The van der Waals surface area contributed by atoms with Gasteiger partial charge in [-0.1, -0.05) is 6.92 Å². The van der Waals surface area contributed by atoms with Crippen molar-refractivity contribution in [1.29, 1.82) is 0 Å². The summed E-state index contributed by atoms with van der Waals surface area (Å²) in [5.74, 6) is 0.775. The number of nitrogens with zero attached hydrogens (tertiary/aromatic N) is 3. The Balaban J connectivity index is 2.17. The van der Waals surface area contributed by atoms with E-state index in [0.717, 1.165) is 24.5 Å². The van der Waals surface area contributed by atoms with Crippen LogP contribution in [0.3, 0.4) is 0 Å². The van der Waals surface area contributed by atoms with Crippen LogP contribution in [0.4, 0.5) is 0 Å². The van der Waals surface area contributed by atoms with Crippen molar-refractivity contribution in [3.63, 3.8) is 0 Å². The topological polar surface area (TPSA) is 52.0 Å². The van der Waals surface area contributed by atoms with Crippen molar-refractivity contribution in [3.8, 4) is 5.88 Å². The lowest BCUT2D eigenvalue weighted by Crippen LogP contribution is -2.23. The summed E-state index contributed by atoms with van der Waals surface area (Å²) in [4.78, 5) is 5.36. The van der Waals surface area contributed by atoms with E-state index in [9.17, 15) is 0 Å². The molecule has 2 aromatic heterocycles. The number of rotatable bonds is 6. The number of nitrogens with one attached hydrogen (secondary N) is 1. The van der Waals surface area contributed by atoms with Crippen LogP contribution >= 0.6 is 11.3 Å². The SMILES string of the molecule is CCNC(Cc1cncs1)c1cc(OC)n(C)n1. The maximum absolute atomic E-state index is 5.25. The average Bonchev–Trinajstić information content (AvgIpc) is 2.98. The summed E-state index contributed by atoms with van der Waals surface area (Å²) in [5, 5.41) is 7.94. The monoisotopic (exact) mass is 266 g/mol. The lowest BCUT2D eigenvalue weighted by atomic mass is 10.1. The Hall–Kier alpha value is -1.40. The van der Waals surface area contributed by atoms with Gasteiger partial charge in [-0.15, -0.1) is 11.3 Å². The predicted molar refractivity (Wildman–Crippen MR) is 72.0 cm³/mol. The highest BCUT2D eigenvalue weighted by Crippen LogP contribution is 2.22. The van der Waals surface area contributed by atoms with Crippen molar-refractivity contribution in [2.45, 2.75) is 19.4 Å². The Kier molecular flexibility index (Phi) is 4.33. The second kappa shape index (κ2) is 5.97. The standard InChI is InChI=1S/C12H18N4OS/c1-4-14-10(5-9-7-13-8-18-9)11-6-12(17-3)16(2)15-11/h6-8,10,14H,4-5H2,1-3H3. The minimum Gasteiger partial charge on any atom is -0.481 e. The molecule has 0 saturated heterocycles. The number of thiazole rings is 1. The van der Waals surface area contributed by atoms with E-state index < -0.39 is 0 Å². The van der Waals surface area contributed by atoms with E-state index >= 15 is 0 Å². The first-order valence-electron chi connectivity index (χ1n) is 5.93. The molecule has 0 aromatic carbocycles. The van der Waals surface area contributed by atoms with Gasteiger partial charge in [0, 0.05) is 30.6 Å². The molecule has 1 unspecified atom stereocenters. The van der Waals surface area contributed by atoms with Gasteiger partial charge < -0.3 is 10.1 Å². The molecular weight excluding hydrogens is 248 g/mol. The molecule has 1 N–H and O–H groups in total. The molecule has 0 bridgehead atoms. The van der Waals surface area contributed by atoms with E-state index in [1.807, 2.05) is 24.8 Å². The van der Waals surface area contributed by atoms with Crippen LogP contribution in [-0.2, 0) is 13.5 Å². The molecule has 0 aliphatic rings. The fourth-order valence-corrected chi connectivity index (χ4v) is 2.55. The van der Waals surface area contributed by atoms with Gasteiger partial charge in [0.25, 0.3) is 0 Å². The summed E-state index contributed by atoms with van der Waals surface area (Å²) >= 11 is 1.67. The summed E-state index contributed by atoms with van der Waals surface area (Å²) in [5.41, 5.74) is 2.86. The van der Waals surface area contributed by atoms with Gasteiger partial charge in [0.15, 0.2) is 0 Å². The molecular formula is C12H18N4OS. The van der Waals surface area contributed by atoms with Gasteiger partial charge in [0.2, 0.25) is 5.88 Å². The van der Waals surface area contributed by atoms with Crippen LogP contribution < -0.4 is 10.1 Å². The molecule has 0 radical (unpaired) electrons. The summed E-state index contributed by atoms with van der Waals surface area (Å²) in [6.45, 7) is 3.00. The third-order valence-electron chi connectivity index (χ3n) is 2.76. The fourth-order valence-electron chi connectivity index (χ4n) is 1.90. The van der Waals surface area contributed by atoms with E-state index in [2.05, 4.69) is 22.3 Å². The molecule has 0 fully saturated rings. The highest BCUT2D eigenvalue weighted by atomic mass is 32.1. The molecule has 98 valence electrons. The maximum atomic E-state index is 5.25. The molecule has 2 rings (SSSR count). The Morgan fingerprint density at radius 1 is 1.56 bits per heavy atom. The third-order valence-corrected chi connectivity index (χ3v) is 3.56. The largest absolute Gasteiger partial charge is 0.481 e. The fraction of sp³-hybridized carbons (Fsp3) is 0.500. The van der Waals surface area contributed by atoms with Crippen molar-refractivity contribution in [1.82, 2.24) is 20.1 Å². The van der Waals surface area contributed by atoms with E-state index in [-0.39, 0.29) is 6.04 Å². The molecule has 6 heteroatoms. The minimum absolute atomic E-state index is 0.200. The number of hydrogen-bond acceptors (Lipinski definition) is 5. The van der Waals surface area contributed by atoms with Gasteiger partial charge in [-0.3, -0.25) is 4.98 Å². The summed E-state index contributed by atoms with van der Waals surface area (Å²) in [6.07, 6.45) is 2.81. The van der Waals surface area contributed by atoms with Gasteiger partial charge in [0.05, 0.1) is 24.4 Å². The molecule has 18 heavy (non-hydrogen) atoms. The zero-order valence-corrected chi connectivity index (χ0v) is 11.7. The normalized spacial score (nSPS) is 12.6. The van der Waals surface area contributed by atoms with Crippen LogP contribution in [0.2, 0.25) is 0 Å². The highest BCUT2D eigenvalue weighted by molar-refractivity contribution is 7.09. The van der Waals surface area contributed by atoms with E-state index in [0.29, 0.717) is 0 Å². The first-order valence-corrected chi connectivity index (χ1v) is 6.81. The van der Waals surface area contributed by atoms with Crippen LogP contribution in [0, 0.1) is 0 Å². The second-order valence-electron chi connectivity index (χ2n) is 4.02. The molecule has 0 aliphatic carbocycles. The van der Waals surface area contributed by atoms with Crippen LogP contribution in [0.1, 0.15) is 23.5 Å². The molecule has 5 nitrogen and oxygen atoms in total. The van der Waals surface area contributed by atoms with Crippen molar-refractivity contribution in [2.24, 2.45) is 7.05 Å². The molecule has 0 aliphatic heterocycles. The van der Waals surface area contributed by atoms with Gasteiger partial charge in [-0.25, -0.2) is 4.68 Å². The van der Waals surface area contributed by atoms with E-state index in [4.69, 9.17) is 4.74 Å². The van der Waals surface area contributed by atoms with Crippen LogP contribution in [-0.4, -0.2) is 28.4 Å². The number of likely N-dealkylation sites (N-methyl/N-ethyl adjacent to an activating group) is 1. The van der Waals surface area contributed by atoms with Gasteiger partial charge in [0.1, 0.15) is 0 Å². The first kappa shape index (κ1) is 13.0. The number of aromatic nitrogens is 3. The summed E-state index contributed by atoms with van der Waals surface area (Å²) in [6, 6.07) is 2.18. The quantitative estimate of drug-likeness (QED) is 0.866. The summed E-state index contributed by atoms with van der Waals surface area (Å²) < 4.78 is 7.01. The number of ether oxygens (including phenoxy) is 1. The zero-order chi connectivity index (χ0) is 13.0. The predicted octanol–water partition coefficient (Wildman–Crippen LogP) is 1.78. The second-order valence-corrected chi connectivity index (χ2v) is 4.99. The molecule has 0 saturated carbocycles. The lowest BCUT2D eigenvalue weighted by Gasteiger charge is -2.14. The van der Waals surface area contributed by atoms with Crippen LogP contribution in [0.25, 0.3) is 0 Å². The van der Waals surface area contributed by atoms with Crippen molar-refractivity contribution < 1.29 is 4.74 Å². The lowest BCUT2D eigenvalue weighted by molar-refractivity contribution is 0.373. The molecule has 0 spiro atoms. The van der Waals surface area contributed by atoms with Crippen molar-refractivity contribution in [2.75, 3.05) is 13.7 Å². The molecule has 0 amide bonds. The number of aryl methyl sites for hydroxylation is 1. The first-order chi connectivity index (χ1) is 8.74. The van der Waals surface area contributed by atoms with E-state index in [1.54, 1.807) is 23.1 Å². The van der Waals surface area contributed by atoms with Gasteiger partial charge in [-0.2, -0.15) is 5.10 Å². The van der Waals surface area contributed by atoms with E-state index in [1.165, 1.54) is 4.88 Å². The average molecular weight is 266 g/mol. The Morgan fingerprint density at radius 2 is 2.39 bits per heavy atom. The minimum atomic E-state index is 0.200. The Labute approximate surface area is 111 Å². The van der Waals surface area contributed by atoms with Gasteiger partial charge >= 0.3 is 0 Å². The summed E-state index contributed by atoms with van der Waals surface area (Å²) in [7, 11) is 3.55.